The molecule has 1 aromatic rings. The minimum absolute atomic E-state index is 0.275. The fourth-order valence-electron chi connectivity index (χ4n) is 2.41. The number of halogens is 2. The van der Waals surface area contributed by atoms with Crippen LogP contribution >= 0.6 is 11.6 Å². The molecule has 0 saturated carbocycles. The van der Waals surface area contributed by atoms with Crippen LogP contribution in [-0.2, 0) is 6.54 Å². The molecule has 0 unspecified atom stereocenters. The van der Waals surface area contributed by atoms with Crippen molar-refractivity contribution in [1.82, 2.24) is 4.90 Å². The van der Waals surface area contributed by atoms with Crippen molar-refractivity contribution in [2.45, 2.75) is 31.9 Å². The van der Waals surface area contributed by atoms with Gasteiger partial charge >= 0.3 is 0 Å². The van der Waals surface area contributed by atoms with Crippen molar-refractivity contribution >= 4 is 11.6 Å². The Bertz CT molecular complexity index is 404. The molecule has 0 amide bonds. The van der Waals surface area contributed by atoms with Gasteiger partial charge in [0, 0.05) is 30.2 Å². The van der Waals surface area contributed by atoms with Crippen LogP contribution in [0.3, 0.4) is 0 Å². The SMILES string of the molecule is CCCC1(O)CN(Cc2ccc(Cl)cc2F)C1. The minimum Gasteiger partial charge on any atom is -0.387 e. The van der Waals surface area contributed by atoms with E-state index in [0.29, 0.717) is 30.2 Å². The second kappa shape index (κ2) is 4.92. The number of rotatable bonds is 4. The van der Waals surface area contributed by atoms with Gasteiger partial charge in [-0.3, -0.25) is 4.90 Å². The fourth-order valence-corrected chi connectivity index (χ4v) is 2.57. The molecule has 1 heterocycles. The van der Waals surface area contributed by atoms with Crippen molar-refractivity contribution in [3.63, 3.8) is 0 Å². The van der Waals surface area contributed by atoms with Crippen LogP contribution in [0.4, 0.5) is 4.39 Å². The quantitative estimate of drug-likeness (QED) is 0.897. The Balaban J connectivity index is 1.91. The second-order valence-corrected chi connectivity index (χ2v) is 5.29. The van der Waals surface area contributed by atoms with Gasteiger partial charge in [0.15, 0.2) is 0 Å². The highest BCUT2D eigenvalue weighted by atomic mass is 35.5. The van der Waals surface area contributed by atoms with Crippen LogP contribution in [0.2, 0.25) is 5.02 Å². The minimum atomic E-state index is -0.558. The molecule has 17 heavy (non-hydrogen) atoms. The maximum absolute atomic E-state index is 13.5. The number of β-amino-alcohol motifs (C(OH)–C–C–N with tert-alkyl or cyclic N) is 1. The van der Waals surface area contributed by atoms with Crippen molar-refractivity contribution in [2.24, 2.45) is 0 Å². The first-order valence-corrected chi connectivity index (χ1v) is 6.29. The number of likely N-dealkylation sites (tertiary alicyclic amines) is 1. The molecular weight excluding hydrogens is 241 g/mol. The lowest BCUT2D eigenvalue weighted by atomic mass is 9.89. The third-order valence-corrected chi connectivity index (χ3v) is 3.40. The first kappa shape index (κ1) is 12.8. The number of hydrogen-bond donors (Lipinski definition) is 1. The van der Waals surface area contributed by atoms with Crippen LogP contribution in [0, 0.1) is 5.82 Å². The van der Waals surface area contributed by atoms with Crippen LogP contribution < -0.4 is 0 Å². The number of benzene rings is 1. The zero-order chi connectivity index (χ0) is 12.5. The van der Waals surface area contributed by atoms with E-state index < -0.39 is 5.60 Å². The molecule has 1 aliphatic rings. The third-order valence-electron chi connectivity index (χ3n) is 3.16. The second-order valence-electron chi connectivity index (χ2n) is 4.86. The number of nitrogens with zero attached hydrogens (tertiary/aromatic N) is 1. The van der Waals surface area contributed by atoms with E-state index in [9.17, 15) is 9.50 Å². The Kier molecular flexibility index (Phi) is 3.71. The van der Waals surface area contributed by atoms with E-state index in [1.165, 1.54) is 6.07 Å². The molecule has 0 aliphatic carbocycles. The van der Waals surface area contributed by atoms with Crippen molar-refractivity contribution in [1.29, 1.82) is 0 Å². The summed E-state index contributed by atoms with van der Waals surface area (Å²) in [6.07, 6.45) is 1.78. The van der Waals surface area contributed by atoms with Gasteiger partial charge < -0.3 is 5.11 Å². The van der Waals surface area contributed by atoms with Crippen LogP contribution in [0.25, 0.3) is 0 Å². The first-order chi connectivity index (χ1) is 8.02. The average Bonchev–Trinajstić information content (AvgIpc) is 2.20. The molecule has 1 aromatic carbocycles. The number of aliphatic hydroxyl groups is 1. The van der Waals surface area contributed by atoms with Crippen LogP contribution in [0.1, 0.15) is 25.3 Å². The van der Waals surface area contributed by atoms with Crippen molar-refractivity contribution < 1.29 is 9.50 Å². The Morgan fingerprint density at radius 2 is 2.18 bits per heavy atom. The lowest BCUT2D eigenvalue weighted by Gasteiger charge is -2.46. The van der Waals surface area contributed by atoms with Gasteiger partial charge in [-0.05, 0) is 18.6 Å². The Morgan fingerprint density at radius 3 is 2.76 bits per heavy atom. The first-order valence-electron chi connectivity index (χ1n) is 5.91. The standard InChI is InChI=1S/C13H17ClFNO/c1-2-5-13(17)8-16(9-13)7-10-3-4-11(14)6-12(10)15/h3-4,6,17H,2,5,7-9H2,1H3. The molecule has 2 nitrogen and oxygen atoms in total. The van der Waals surface area contributed by atoms with Gasteiger partial charge in [0.05, 0.1) is 5.60 Å². The predicted octanol–water partition coefficient (Wildman–Crippen LogP) is 2.83. The zero-order valence-electron chi connectivity index (χ0n) is 9.92. The van der Waals surface area contributed by atoms with E-state index in [-0.39, 0.29) is 5.82 Å². The summed E-state index contributed by atoms with van der Waals surface area (Å²) in [5, 5.41) is 10.4. The third kappa shape index (κ3) is 2.97. The zero-order valence-corrected chi connectivity index (χ0v) is 10.7. The van der Waals surface area contributed by atoms with E-state index in [4.69, 9.17) is 11.6 Å². The van der Waals surface area contributed by atoms with E-state index in [0.717, 1.165) is 12.8 Å². The largest absolute Gasteiger partial charge is 0.387 e. The summed E-state index contributed by atoms with van der Waals surface area (Å²) in [5.74, 6) is -0.275. The summed E-state index contributed by atoms with van der Waals surface area (Å²) >= 11 is 5.69. The normalized spacial score (nSPS) is 19.1. The van der Waals surface area contributed by atoms with E-state index in [2.05, 4.69) is 6.92 Å². The average molecular weight is 258 g/mol. The molecular formula is C13H17ClFNO. The molecule has 2 rings (SSSR count). The van der Waals surface area contributed by atoms with Crippen LogP contribution in [0.15, 0.2) is 18.2 Å². The molecule has 1 saturated heterocycles. The molecule has 0 bridgehead atoms. The van der Waals surface area contributed by atoms with Gasteiger partial charge in [-0.2, -0.15) is 0 Å². The molecule has 0 radical (unpaired) electrons. The topological polar surface area (TPSA) is 23.5 Å². The maximum Gasteiger partial charge on any atom is 0.129 e. The lowest BCUT2D eigenvalue weighted by Crippen LogP contribution is -2.61. The monoisotopic (exact) mass is 257 g/mol. The molecule has 94 valence electrons. The Labute approximate surface area is 106 Å². The molecule has 0 atom stereocenters. The molecule has 1 fully saturated rings. The van der Waals surface area contributed by atoms with E-state index in [1.54, 1.807) is 12.1 Å². The van der Waals surface area contributed by atoms with Crippen molar-refractivity contribution in [2.75, 3.05) is 13.1 Å². The van der Waals surface area contributed by atoms with E-state index >= 15 is 0 Å². The molecule has 1 aliphatic heterocycles. The van der Waals surface area contributed by atoms with Crippen molar-refractivity contribution in [3.05, 3.63) is 34.6 Å². The highest BCUT2D eigenvalue weighted by Crippen LogP contribution is 2.28. The molecule has 0 spiro atoms. The van der Waals surface area contributed by atoms with Gasteiger partial charge in [0.25, 0.3) is 0 Å². The van der Waals surface area contributed by atoms with Gasteiger partial charge in [0.2, 0.25) is 0 Å². The summed E-state index contributed by atoms with van der Waals surface area (Å²) in [7, 11) is 0. The predicted molar refractivity (Wildman–Crippen MR) is 66.5 cm³/mol. The molecule has 0 aromatic heterocycles. The van der Waals surface area contributed by atoms with Crippen molar-refractivity contribution in [3.8, 4) is 0 Å². The summed E-state index contributed by atoms with van der Waals surface area (Å²) in [5.41, 5.74) is 0.0745. The Morgan fingerprint density at radius 1 is 1.47 bits per heavy atom. The highest BCUT2D eigenvalue weighted by molar-refractivity contribution is 6.30. The number of hydrogen-bond acceptors (Lipinski definition) is 2. The van der Waals surface area contributed by atoms with Crippen LogP contribution in [0.5, 0.6) is 0 Å². The summed E-state index contributed by atoms with van der Waals surface area (Å²) in [4.78, 5) is 2.04. The van der Waals surface area contributed by atoms with Gasteiger partial charge in [-0.25, -0.2) is 4.39 Å². The summed E-state index contributed by atoms with van der Waals surface area (Å²) in [6, 6.07) is 4.72. The summed E-state index contributed by atoms with van der Waals surface area (Å²) < 4.78 is 13.5. The molecule has 4 heteroatoms. The fraction of sp³-hybridized carbons (Fsp3) is 0.538. The lowest BCUT2D eigenvalue weighted by molar-refractivity contribution is -0.107. The van der Waals surface area contributed by atoms with Crippen LogP contribution in [-0.4, -0.2) is 28.7 Å². The van der Waals surface area contributed by atoms with Gasteiger partial charge in [0.1, 0.15) is 5.82 Å². The maximum atomic E-state index is 13.5. The smallest absolute Gasteiger partial charge is 0.129 e. The van der Waals surface area contributed by atoms with Gasteiger partial charge in [-0.1, -0.05) is 31.0 Å². The van der Waals surface area contributed by atoms with Gasteiger partial charge in [-0.15, -0.1) is 0 Å². The Hall–Kier alpha value is -0.640. The van der Waals surface area contributed by atoms with E-state index in [1.807, 2.05) is 4.90 Å². The molecule has 1 N–H and O–H groups in total. The highest BCUT2D eigenvalue weighted by Gasteiger charge is 2.39. The summed E-state index contributed by atoms with van der Waals surface area (Å²) in [6.45, 7) is 3.85.